The number of piperidine rings is 3. The van der Waals surface area contributed by atoms with E-state index >= 15 is 4.39 Å². The van der Waals surface area contributed by atoms with Crippen LogP contribution in [0.15, 0.2) is 84.9 Å². The highest BCUT2D eigenvalue weighted by Crippen LogP contribution is 2.42. The van der Waals surface area contributed by atoms with Crippen molar-refractivity contribution in [3.8, 4) is 11.5 Å². The van der Waals surface area contributed by atoms with Crippen LogP contribution in [-0.4, -0.2) is 82.7 Å². The number of hydrogen-bond donors (Lipinski definition) is 3. The molecule has 0 radical (unpaired) electrons. The number of nitrogens with one attached hydrogen (secondary N) is 1. The molecule has 3 unspecified atom stereocenters. The molecule has 0 aromatic heterocycles. The lowest BCUT2D eigenvalue weighted by Gasteiger charge is -2.58. The molecule has 10 heteroatoms. The number of hydrogen-bond acceptors (Lipinski definition) is 8. The third-order valence-electron chi connectivity index (χ3n) is 12.9. The number of carbonyl (C=O) groups excluding carboxylic acids is 2. The van der Waals surface area contributed by atoms with Crippen molar-refractivity contribution in [2.45, 2.75) is 76.7 Å². The van der Waals surface area contributed by atoms with Crippen LogP contribution in [0.4, 0.5) is 15.8 Å². The normalized spacial score (nSPS) is 23.4. The van der Waals surface area contributed by atoms with Gasteiger partial charge in [-0.15, -0.1) is 0 Å². The summed E-state index contributed by atoms with van der Waals surface area (Å²) in [6, 6.07) is 27.7. The number of allylic oxidation sites excluding steroid dienone is 1. The first-order chi connectivity index (χ1) is 27.2. The number of phenolic OH excluding ortho intramolecular Hbond substituents is 2. The summed E-state index contributed by atoms with van der Waals surface area (Å²) in [5, 5.41) is 22.4. The van der Waals surface area contributed by atoms with E-state index in [2.05, 4.69) is 56.1 Å². The standard InChI is InChI=1S/C46H50FN5O4/c1-2-40(30-5-11-38(53)12-6-30)45(32-7-13-39(54)14-8-32)31-3-9-35(10-4-31)50-19-17-29(18-20-50)24-49-27-36-23-37(28-49)52(36)43-22-34-26-51(25-33(34)21-41(43)47)42-15-16-44(55)48-46(42)56/h3-14,21-22,29,36-37,42,53-54H,2,15-20,23-28H2,1H3,(H,48,55,56). The van der Waals surface area contributed by atoms with Gasteiger partial charge in [-0.1, -0.05) is 43.3 Å². The molecule has 3 atom stereocenters. The van der Waals surface area contributed by atoms with Crippen LogP contribution in [0.25, 0.3) is 11.1 Å². The minimum Gasteiger partial charge on any atom is -0.508 e. The Morgan fingerprint density at radius 3 is 1.98 bits per heavy atom. The molecule has 2 amide bonds. The van der Waals surface area contributed by atoms with E-state index < -0.39 is 0 Å². The monoisotopic (exact) mass is 755 g/mol. The van der Waals surface area contributed by atoms with Crippen LogP contribution < -0.4 is 15.1 Å². The van der Waals surface area contributed by atoms with Gasteiger partial charge in [0.05, 0.1) is 11.7 Å². The van der Waals surface area contributed by atoms with Crippen LogP contribution in [0.2, 0.25) is 0 Å². The summed E-state index contributed by atoms with van der Waals surface area (Å²) in [6.45, 7) is 8.31. The highest BCUT2D eigenvalue weighted by Gasteiger charge is 2.46. The fourth-order valence-corrected chi connectivity index (χ4v) is 10.0. The van der Waals surface area contributed by atoms with Gasteiger partial charge in [0.1, 0.15) is 17.3 Å². The van der Waals surface area contributed by atoms with Gasteiger partial charge in [0, 0.05) is 70.0 Å². The second-order valence-electron chi connectivity index (χ2n) is 16.4. The maximum atomic E-state index is 15.6. The fraction of sp³-hybridized carbons (Fsp3) is 0.391. The van der Waals surface area contributed by atoms with Gasteiger partial charge in [-0.2, -0.15) is 0 Å². The fourth-order valence-electron chi connectivity index (χ4n) is 10.0. The van der Waals surface area contributed by atoms with Crippen molar-refractivity contribution in [1.29, 1.82) is 0 Å². The van der Waals surface area contributed by atoms with Crippen LogP contribution in [0.3, 0.4) is 0 Å². The molecule has 4 aromatic carbocycles. The number of halogens is 1. The maximum Gasteiger partial charge on any atom is 0.243 e. The Balaban J connectivity index is 0.812. The lowest BCUT2D eigenvalue weighted by Crippen LogP contribution is -2.69. The van der Waals surface area contributed by atoms with Crippen molar-refractivity contribution >= 4 is 34.3 Å². The third kappa shape index (κ3) is 7.05. The van der Waals surface area contributed by atoms with Crippen molar-refractivity contribution in [3.63, 3.8) is 0 Å². The van der Waals surface area contributed by atoms with Crippen molar-refractivity contribution in [2.24, 2.45) is 5.92 Å². The van der Waals surface area contributed by atoms with Gasteiger partial charge < -0.3 is 20.0 Å². The summed E-state index contributed by atoms with van der Waals surface area (Å²) in [7, 11) is 0. The number of carbonyl (C=O) groups is 2. The molecular weight excluding hydrogens is 706 g/mol. The number of piperazine rings is 1. The molecule has 290 valence electrons. The average Bonchev–Trinajstić information content (AvgIpc) is 3.60. The molecule has 56 heavy (non-hydrogen) atoms. The second-order valence-corrected chi connectivity index (χ2v) is 16.4. The van der Waals surface area contributed by atoms with Crippen LogP contribution in [-0.2, 0) is 22.7 Å². The lowest BCUT2D eigenvalue weighted by atomic mass is 9.85. The van der Waals surface area contributed by atoms with E-state index in [-0.39, 0.29) is 35.2 Å². The van der Waals surface area contributed by atoms with Gasteiger partial charge >= 0.3 is 0 Å². The Morgan fingerprint density at radius 2 is 1.38 bits per heavy atom. The smallest absolute Gasteiger partial charge is 0.243 e. The molecular formula is C46H50FN5O4. The summed E-state index contributed by atoms with van der Waals surface area (Å²) < 4.78 is 15.6. The number of imide groups is 1. The molecule has 6 heterocycles. The molecule has 5 fully saturated rings. The van der Waals surface area contributed by atoms with Crippen LogP contribution >= 0.6 is 0 Å². The number of rotatable bonds is 9. The Labute approximate surface area is 328 Å². The highest BCUT2D eigenvalue weighted by molar-refractivity contribution is 6.00. The third-order valence-corrected chi connectivity index (χ3v) is 12.9. The number of nitrogens with zero attached hydrogens (tertiary/aromatic N) is 4. The lowest BCUT2D eigenvalue weighted by molar-refractivity contribution is -0.137. The van der Waals surface area contributed by atoms with E-state index in [1.54, 1.807) is 30.3 Å². The highest BCUT2D eigenvalue weighted by atomic mass is 19.1. The van der Waals surface area contributed by atoms with E-state index in [1.165, 1.54) is 11.3 Å². The quantitative estimate of drug-likeness (QED) is 0.125. The zero-order valence-electron chi connectivity index (χ0n) is 32.0. The van der Waals surface area contributed by atoms with Crippen LogP contribution in [0, 0.1) is 11.7 Å². The molecule has 0 spiro atoms. The summed E-state index contributed by atoms with van der Waals surface area (Å²) in [4.78, 5) is 33.7. The Hall–Kier alpha value is -5.19. The number of anilines is 2. The van der Waals surface area contributed by atoms with E-state index in [0.717, 1.165) is 91.8 Å². The minimum atomic E-state index is -0.346. The summed E-state index contributed by atoms with van der Waals surface area (Å²) >= 11 is 0. The first kappa shape index (κ1) is 36.4. The average molecular weight is 756 g/mol. The molecule has 6 aliphatic heterocycles. The maximum absolute atomic E-state index is 15.6. The van der Waals surface area contributed by atoms with Crippen molar-refractivity contribution < 1.29 is 24.2 Å². The Kier molecular flexibility index (Phi) is 9.79. The topological polar surface area (TPSA) is 99.6 Å². The van der Waals surface area contributed by atoms with Gasteiger partial charge in [0.2, 0.25) is 11.8 Å². The number of fused-ring (bicyclic) bond motifs is 3. The van der Waals surface area contributed by atoms with Gasteiger partial charge in [0.25, 0.3) is 0 Å². The first-order valence-corrected chi connectivity index (χ1v) is 20.3. The van der Waals surface area contributed by atoms with Crippen molar-refractivity contribution in [3.05, 3.63) is 119 Å². The van der Waals surface area contributed by atoms with Crippen LogP contribution in [0.5, 0.6) is 11.5 Å². The van der Waals surface area contributed by atoms with Crippen LogP contribution in [0.1, 0.15) is 73.3 Å². The van der Waals surface area contributed by atoms with Crippen molar-refractivity contribution in [2.75, 3.05) is 42.5 Å². The van der Waals surface area contributed by atoms with E-state index in [0.29, 0.717) is 49.6 Å². The predicted octanol–water partition coefficient (Wildman–Crippen LogP) is 6.91. The Bertz CT molecular complexity index is 2130. The molecule has 6 aliphatic rings. The molecule has 4 aromatic rings. The zero-order valence-corrected chi connectivity index (χ0v) is 32.0. The molecule has 10 rings (SSSR count). The number of benzene rings is 4. The molecule has 5 saturated heterocycles. The molecule has 3 N–H and O–H groups in total. The first-order valence-electron chi connectivity index (χ1n) is 20.3. The molecule has 0 aliphatic carbocycles. The molecule has 2 bridgehead atoms. The molecule has 9 nitrogen and oxygen atoms in total. The number of amides is 2. The summed E-state index contributed by atoms with van der Waals surface area (Å²) in [6.07, 6.45) is 5.04. The van der Waals surface area contributed by atoms with Gasteiger partial charge in [-0.05, 0) is 126 Å². The predicted molar refractivity (Wildman–Crippen MR) is 217 cm³/mol. The number of aromatic hydroxyl groups is 2. The zero-order chi connectivity index (χ0) is 38.5. The van der Waals surface area contributed by atoms with Crippen molar-refractivity contribution in [1.82, 2.24) is 15.1 Å². The largest absolute Gasteiger partial charge is 0.508 e. The van der Waals surface area contributed by atoms with Gasteiger partial charge in [0.15, 0.2) is 0 Å². The summed E-state index contributed by atoms with van der Waals surface area (Å²) in [5.74, 6) is 0.485. The van der Waals surface area contributed by atoms with Gasteiger partial charge in [-0.25, -0.2) is 4.39 Å². The SMILES string of the molecule is CCC(=C(c1ccc(O)cc1)c1ccc(N2CCC(CN3CC4CC(C3)N4c3cc4c(cc3F)CN(C3CCC(=O)NC3=O)C4)CC2)cc1)c1ccc(O)cc1. The Morgan fingerprint density at radius 1 is 0.786 bits per heavy atom. The summed E-state index contributed by atoms with van der Waals surface area (Å²) in [5.41, 5.74) is 9.48. The minimum absolute atomic E-state index is 0.173. The van der Waals surface area contributed by atoms with E-state index in [4.69, 9.17) is 0 Å². The second kappa shape index (κ2) is 15.0. The molecule has 0 saturated carbocycles. The van der Waals surface area contributed by atoms with E-state index in [9.17, 15) is 19.8 Å². The number of phenols is 2. The van der Waals surface area contributed by atoms with Gasteiger partial charge in [-0.3, -0.25) is 24.7 Å². The van der Waals surface area contributed by atoms with E-state index in [1.807, 2.05) is 30.3 Å².